The average Bonchev–Trinajstić information content (AvgIpc) is 2.83. The SMILES string of the molecule is CCN1CCN(c2cc(N3CCN(C(=O)c4ccccc4Br)[C@H](C)C3)c([N+](=O)[O-])cc2F)CC1. The van der Waals surface area contributed by atoms with Gasteiger partial charge in [0.15, 0.2) is 5.82 Å². The third kappa shape index (κ3) is 4.88. The maximum absolute atomic E-state index is 15.0. The van der Waals surface area contributed by atoms with E-state index in [0.717, 1.165) is 30.2 Å². The summed E-state index contributed by atoms with van der Waals surface area (Å²) in [6.45, 7) is 9.25. The standard InChI is InChI=1S/C24H29BrFN5O3/c1-3-27-8-10-28(11-9-27)21-15-22(23(31(33)34)14-20(21)26)29-12-13-30(17(2)16-29)24(32)18-6-4-5-7-19(18)25/h4-7,14-15,17H,3,8-13,16H2,1-2H3/t17-/m1/s1. The van der Waals surface area contributed by atoms with Crippen LogP contribution in [-0.2, 0) is 0 Å². The molecule has 1 atom stereocenters. The van der Waals surface area contributed by atoms with Gasteiger partial charge in [-0.05, 0) is 47.6 Å². The third-order valence-electron chi connectivity index (χ3n) is 6.73. The lowest BCUT2D eigenvalue weighted by Gasteiger charge is -2.41. The number of carbonyl (C=O) groups is 1. The number of likely N-dealkylation sites (N-methyl/N-ethyl adjacent to an activating group) is 1. The highest BCUT2D eigenvalue weighted by molar-refractivity contribution is 9.10. The van der Waals surface area contributed by atoms with Gasteiger partial charge in [-0.15, -0.1) is 0 Å². The summed E-state index contributed by atoms with van der Waals surface area (Å²) in [7, 11) is 0. The summed E-state index contributed by atoms with van der Waals surface area (Å²) in [6.07, 6.45) is 0. The minimum absolute atomic E-state index is 0.0808. The molecular formula is C24H29BrFN5O3. The predicted octanol–water partition coefficient (Wildman–Crippen LogP) is 3.99. The lowest BCUT2D eigenvalue weighted by Crippen LogP contribution is -2.54. The van der Waals surface area contributed by atoms with Gasteiger partial charge < -0.3 is 19.6 Å². The second-order valence-electron chi connectivity index (χ2n) is 8.74. The Morgan fingerprint density at radius 1 is 1.09 bits per heavy atom. The maximum atomic E-state index is 15.0. The lowest BCUT2D eigenvalue weighted by molar-refractivity contribution is -0.384. The third-order valence-corrected chi connectivity index (χ3v) is 7.43. The van der Waals surface area contributed by atoms with Crippen LogP contribution < -0.4 is 9.80 Å². The highest BCUT2D eigenvalue weighted by Gasteiger charge is 2.33. The first-order chi connectivity index (χ1) is 16.3. The van der Waals surface area contributed by atoms with Gasteiger partial charge in [0, 0.05) is 56.3 Å². The van der Waals surface area contributed by atoms with Gasteiger partial charge in [0.1, 0.15) is 5.69 Å². The van der Waals surface area contributed by atoms with E-state index in [-0.39, 0.29) is 17.6 Å². The van der Waals surface area contributed by atoms with E-state index >= 15 is 0 Å². The van der Waals surface area contributed by atoms with Crippen LogP contribution in [0.3, 0.4) is 0 Å². The first-order valence-electron chi connectivity index (χ1n) is 11.6. The number of piperazine rings is 2. The van der Waals surface area contributed by atoms with E-state index < -0.39 is 10.7 Å². The predicted molar refractivity (Wildman–Crippen MR) is 134 cm³/mol. The second kappa shape index (κ2) is 10.3. The molecule has 2 heterocycles. The zero-order chi connectivity index (χ0) is 24.4. The van der Waals surface area contributed by atoms with Gasteiger partial charge in [-0.25, -0.2) is 4.39 Å². The highest BCUT2D eigenvalue weighted by atomic mass is 79.9. The molecule has 0 aromatic heterocycles. The minimum Gasteiger partial charge on any atom is -0.367 e. The summed E-state index contributed by atoms with van der Waals surface area (Å²) in [4.78, 5) is 32.3. The van der Waals surface area contributed by atoms with Crippen molar-refractivity contribution < 1.29 is 14.1 Å². The number of nitro benzene ring substituents is 1. The number of benzene rings is 2. The van der Waals surface area contributed by atoms with Crippen molar-refractivity contribution in [3.05, 3.63) is 62.4 Å². The van der Waals surface area contributed by atoms with Crippen molar-refractivity contribution in [1.82, 2.24) is 9.80 Å². The number of hydrogen-bond donors (Lipinski definition) is 0. The van der Waals surface area contributed by atoms with Crippen LogP contribution in [0, 0.1) is 15.9 Å². The average molecular weight is 534 g/mol. The summed E-state index contributed by atoms with van der Waals surface area (Å²) in [5.41, 5.74) is 1.14. The Kier molecular flexibility index (Phi) is 7.37. The summed E-state index contributed by atoms with van der Waals surface area (Å²) in [5, 5.41) is 11.8. The van der Waals surface area contributed by atoms with E-state index in [0.29, 0.717) is 49.7 Å². The lowest BCUT2D eigenvalue weighted by atomic mass is 10.1. The van der Waals surface area contributed by atoms with Gasteiger partial charge in [-0.2, -0.15) is 0 Å². The molecule has 34 heavy (non-hydrogen) atoms. The summed E-state index contributed by atoms with van der Waals surface area (Å²) in [6, 6.07) is 9.78. The number of halogens is 2. The number of nitrogens with zero attached hydrogens (tertiary/aromatic N) is 5. The fourth-order valence-corrected chi connectivity index (χ4v) is 5.21. The van der Waals surface area contributed by atoms with Crippen molar-refractivity contribution in [2.45, 2.75) is 19.9 Å². The van der Waals surface area contributed by atoms with Gasteiger partial charge in [0.05, 0.1) is 22.2 Å². The molecule has 0 aliphatic carbocycles. The molecule has 2 fully saturated rings. The van der Waals surface area contributed by atoms with E-state index in [2.05, 4.69) is 27.8 Å². The van der Waals surface area contributed by atoms with Crippen LogP contribution in [0.5, 0.6) is 0 Å². The summed E-state index contributed by atoms with van der Waals surface area (Å²) < 4.78 is 15.7. The first-order valence-corrected chi connectivity index (χ1v) is 12.3. The van der Waals surface area contributed by atoms with E-state index in [4.69, 9.17) is 0 Å². The molecule has 0 N–H and O–H groups in total. The molecule has 0 unspecified atom stereocenters. The molecule has 0 radical (unpaired) electrons. The fraction of sp³-hybridized carbons (Fsp3) is 0.458. The largest absolute Gasteiger partial charge is 0.367 e. The topological polar surface area (TPSA) is 73.2 Å². The van der Waals surface area contributed by atoms with Crippen molar-refractivity contribution in [2.24, 2.45) is 0 Å². The van der Waals surface area contributed by atoms with Crippen LogP contribution in [0.25, 0.3) is 0 Å². The molecule has 4 rings (SSSR count). The van der Waals surface area contributed by atoms with Crippen molar-refractivity contribution in [3.8, 4) is 0 Å². The van der Waals surface area contributed by atoms with Crippen LogP contribution >= 0.6 is 15.9 Å². The molecule has 0 bridgehead atoms. The molecule has 0 spiro atoms. The Morgan fingerprint density at radius 3 is 2.38 bits per heavy atom. The van der Waals surface area contributed by atoms with Gasteiger partial charge in [0.2, 0.25) is 0 Å². The minimum atomic E-state index is -0.573. The van der Waals surface area contributed by atoms with Crippen molar-refractivity contribution in [2.75, 3.05) is 62.2 Å². The number of hydrogen-bond acceptors (Lipinski definition) is 6. The van der Waals surface area contributed by atoms with Crippen molar-refractivity contribution in [3.63, 3.8) is 0 Å². The van der Waals surface area contributed by atoms with Crippen LogP contribution in [-0.4, -0.2) is 79.0 Å². The van der Waals surface area contributed by atoms with Crippen molar-refractivity contribution >= 4 is 38.9 Å². The molecule has 2 aromatic rings. The van der Waals surface area contributed by atoms with E-state index in [9.17, 15) is 19.3 Å². The molecule has 10 heteroatoms. The Balaban J connectivity index is 1.57. The number of amides is 1. The molecule has 182 valence electrons. The number of anilines is 2. The van der Waals surface area contributed by atoms with Gasteiger partial charge in [-0.3, -0.25) is 14.9 Å². The summed E-state index contributed by atoms with van der Waals surface area (Å²) >= 11 is 3.44. The van der Waals surface area contributed by atoms with Gasteiger partial charge in [-0.1, -0.05) is 19.1 Å². The second-order valence-corrected chi connectivity index (χ2v) is 9.60. The smallest absolute Gasteiger partial charge is 0.295 e. The molecule has 2 saturated heterocycles. The quantitative estimate of drug-likeness (QED) is 0.427. The van der Waals surface area contributed by atoms with E-state index in [1.165, 1.54) is 0 Å². The monoisotopic (exact) mass is 533 g/mol. The molecule has 2 aliphatic rings. The fourth-order valence-electron chi connectivity index (χ4n) is 4.75. The van der Waals surface area contributed by atoms with E-state index in [1.54, 1.807) is 17.0 Å². The van der Waals surface area contributed by atoms with Gasteiger partial charge in [0.25, 0.3) is 11.6 Å². The zero-order valence-corrected chi connectivity index (χ0v) is 21.0. The number of nitro groups is 1. The molecule has 8 nitrogen and oxygen atoms in total. The van der Waals surface area contributed by atoms with Crippen LogP contribution in [0.4, 0.5) is 21.5 Å². The Hall–Kier alpha value is -2.72. The van der Waals surface area contributed by atoms with Crippen LogP contribution in [0.1, 0.15) is 24.2 Å². The molecule has 2 aliphatic heterocycles. The normalized spacial score (nSPS) is 19.4. The van der Waals surface area contributed by atoms with Crippen molar-refractivity contribution in [1.29, 1.82) is 0 Å². The Labute approximate surface area is 207 Å². The molecular weight excluding hydrogens is 505 g/mol. The summed E-state index contributed by atoms with van der Waals surface area (Å²) in [5.74, 6) is -0.654. The Morgan fingerprint density at radius 2 is 1.76 bits per heavy atom. The van der Waals surface area contributed by atoms with Crippen LogP contribution in [0.2, 0.25) is 0 Å². The zero-order valence-electron chi connectivity index (χ0n) is 19.4. The Bertz CT molecular complexity index is 1080. The first kappa shape index (κ1) is 24.4. The van der Waals surface area contributed by atoms with Gasteiger partial charge >= 0.3 is 0 Å². The molecule has 2 aromatic carbocycles. The number of carbonyl (C=O) groups excluding carboxylic acids is 1. The molecule has 1 amide bonds. The molecule has 0 saturated carbocycles. The highest BCUT2D eigenvalue weighted by Crippen LogP contribution is 2.36. The number of rotatable bonds is 5. The maximum Gasteiger partial charge on any atom is 0.295 e. The van der Waals surface area contributed by atoms with Crippen LogP contribution in [0.15, 0.2) is 40.9 Å². The van der Waals surface area contributed by atoms with E-state index in [1.807, 2.05) is 34.9 Å².